The monoisotopic (exact) mass is 414 g/mol. The second-order valence-corrected chi connectivity index (χ2v) is 8.41. The second kappa shape index (κ2) is 8.74. The highest BCUT2D eigenvalue weighted by Crippen LogP contribution is 2.10. The molecule has 29 heavy (non-hydrogen) atoms. The maximum Gasteiger partial charge on any atom is 0.407 e. The Morgan fingerprint density at radius 2 is 1.93 bits per heavy atom. The largest absolute Gasteiger partial charge is 0.444 e. The summed E-state index contributed by atoms with van der Waals surface area (Å²) in [5.41, 5.74) is 7.51. The summed E-state index contributed by atoms with van der Waals surface area (Å²) in [4.78, 5) is 16.1. The fourth-order valence-corrected chi connectivity index (χ4v) is 3.41. The van der Waals surface area contributed by atoms with Crippen LogP contribution < -0.4 is 21.6 Å². The topological polar surface area (TPSA) is 81.6 Å². The van der Waals surface area contributed by atoms with Gasteiger partial charge in [0.05, 0.1) is 5.35 Å². The van der Waals surface area contributed by atoms with E-state index in [0.717, 1.165) is 28.1 Å². The van der Waals surface area contributed by atoms with Crippen molar-refractivity contribution in [2.24, 2.45) is 10.7 Å². The molecule has 0 spiro atoms. The molecule has 1 aromatic carbocycles. The first-order valence-electron chi connectivity index (χ1n) is 9.64. The van der Waals surface area contributed by atoms with E-state index >= 15 is 0 Å². The Kier molecular flexibility index (Phi) is 6.33. The summed E-state index contributed by atoms with van der Waals surface area (Å²) < 4.78 is 7.33. The lowest BCUT2D eigenvalue weighted by Gasteiger charge is -2.19. The SMILES string of the molecule is CC(C)(C)OC(=O)NCc1ccc(Cn2ccc3/c2=C(Cl)\N=C(/N)CC\C=3)cc1. The molecule has 0 fully saturated rings. The lowest BCUT2D eigenvalue weighted by Crippen LogP contribution is -2.32. The van der Waals surface area contributed by atoms with Gasteiger partial charge in [-0.2, -0.15) is 0 Å². The Labute approximate surface area is 175 Å². The number of alkyl carbamates (subject to hydrolysis) is 1. The molecule has 6 nitrogen and oxygen atoms in total. The van der Waals surface area contributed by atoms with Gasteiger partial charge in [0, 0.05) is 25.7 Å². The fraction of sp³-hybridized carbons (Fsp3) is 0.364. The number of hydrogen-bond donors (Lipinski definition) is 2. The Morgan fingerprint density at radius 1 is 1.24 bits per heavy atom. The molecule has 0 bridgehead atoms. The number of aliphatic imine (C=N–C) groups is 1. The number of carbonyl (C=O) groups excluding carboxylic acids is 1. The molecule has 0 aliphatic carbocycles. The third-order valence-corrected chi connectivity index (χ3v) is 4.67. The number of nitrogens with one attached hydrogen (secondary N) is 1. The fourth-order valence-electron chi connectivity index (χ4n) is 3.08. The molecule has 0 saturated carbocycles. The smallest absolute Gasteiger partial charge is 0.407 e. The van der Waals surface area contributed by atoms with Crippen LogP contribution in [0.3, 0.4) is 0 Å². The zero-order chi connectivity index (χ0) is 21.0. The zero-order valence-corrected chi connectivity index (χ0v) is 17.8. The number of halogens is 1. The van der Waals surface area contributed by atoms with Crippen molar-refractivity contribution in [3.05, 3.63) is 58.2 Å². The first-order valence-corrected chi connectivity index (χ1v) is 10.0. The molecule has 0 unspecified atom stereocenters. The van der Waals surface area contributed by atoms with Gasteiger partial charge in [-0.25, -0.2) is 9.79 Å². The molecule has 0 radical (unpaired) electrons. The number of rotatable bonds is 4. The minimum atomic E-state index is -0.508. The summed E-state index contributed by atoms with van der Waals surface area (Å²) in [6.45, 7) is 6.59. The molecular weight excluding hydrogens is 388 g/mol. The highest BCUT2D eigenvalue weighted by molar-refractivity contribution is 6.45. The maximum atomic E-state index is 11.8. The molecular formula is C22H27ClN4O2. The van der Waals surface area contributed by atoms with E-state index in [1.165, 1.54) is 0 Å². The molecule has 2 heterocycles. The van der Waals surface area contributed by atoms with E-state index in [1.807, 2.05) is 57.3 Å². The maximum absolute atomic E-state index is 11.8. The van der Waals surface area contributed by atoms with Crippen molar-refractivity contribution >= 4 is 34.8 Å². The van der Waals surface area contributed by atoms with Crippen molar-refractivity contribution in [3.63, 3.8) is 0 Å². The molecule has 3 N–H and O–H groups in total. The molecule has 7 heteroatoms. The Bertz CT molecular complexity index is 1030. The highest BCUT2D eigenvalue weighted by atomic mass is 35.5. The second-order valence-electron chi connectivity index (χ2n) is 8.06. The van der Waals surface area contributed by atoms with Gasteiger partial charge < -0.3 is 20.4 Å². The van der Waals surface area contributed by atoms with Crippen LogP contribution in [-0.4, -0.2) is 22.1 Å². The average Bonchev–Trinajstić information content (AvgIpc) is 3.00. The molecule has 0 saturated heterocycles. The van der Waals surface area contributed by atoms with Gasteiger partial charge >= 0.3 is 6.09 Å². The number of amides is 1. The number of nitrogens with two attached hydrogens (primary N) is 1. The quantitative estimate of drug-likeness (QED) is 0.755. The highest BCUT2D eigenvalue weighted by Gasteiger charge is 2.15. The molecule has 1 aliphatic rings. The van der Waals surface area contributed by atoms with E-state index in [2.05, 4.69) is 21.0 Å². The summed E-state index contributed by atoms with van der Waals surface area (Å²) in [5, 5.41) is 5.13. The van der Waals surface area contributed by atoms with Crippen LogP contribution in [0.5, 0.6) is 0 Å². The van der Waals surface area contributed by atoms with Crippen LogP contribution in [0.25, 0.3) is 11.2 Å². The van der Waals surface area contributed by atoms with E-state index < -0.39 is 11.7 Å². The van der Waals surface area contributed by atoms with Crippen LogP contribution >= 0.6 is 11.6 Å². The lowest BCUT2D eigenvalue weighted by molar-refractivity contribution is 0.0523. The summed E-state index contributed by atoms with van der Waals surface area (Å²) in [7, 11) is 0. The van der Waals surface area contributed by atoms with Crippen LogP contribution in [0.15, 0.2) is 41.5 Å². The molecule has 1 aromatic heterocycles. The van der Waals surface area contributed by atoms with Crippen LogP contribution in [0.4, 0.5) is 4.79 Å². The van der Waals surface area contributed by atoms with E-state index in [-0.39, 0.29) is 0 Å². The van der Waals surface area contributed by atoms with Gasteiger partial charge in [0.2, 0.25) is 0 Å². The Morgan fingerprint density at radius 3 is 2.62 bits per heavy atom. The summed E-state index contributed by atoms with van der Waals surface area (Å²) in [5.74, 6) is 0.548. The predicted molar refractivity (Wildman–Crippen MR) is 117 cm³/mol. The summed E-state index contributed by atoms with van der Waals surface area (Å²) in [6, 6.07) is 10.1. The minimum absolute atomic E-state index is 0.413. The summed E-state index contributed by atoms with van der Waals surface area (Å²) >= 11 is 6.43. The third-order valence-electron chi connectivity index (χ3n) is 4.41. The molecule has 2 aromatic rings. The number of benzene rings is 1. The van der Waals surface area contributed by atoms with Crippen LogP contribution in [0.1, 0.15) is 44.7 Å². The van der Waals surface area contributed by atoms with Crippen molar-refractivity contribution in [3.8, 4) is 0 Å². The minimum Gasteiger partial charge on any atom is -0.444 e. The molecule has 3 rings (SSSR count). The van der Waals surface area contributed by atoms with Crippen molar-refractivity contribution in [1.82, 2.24) is 9.88 Å². The number of aromatic nitrogens is 1. The Hall–Kier alpha value is -2.73. The first-order chi connectivity index (χ1) is 13.7. The van der Waals surface area contributed by atoms with Gasteiger partial charge in [-0.15, -0.1) is 0 Å². The zero-order valence-electron chi connectivity index (χ0n) is 17.0. The third kappa shape index (κ3) is 5.87. The van der Waals surface area contributed by atoms with E-state index in [9.17, 15) is 4.79 Å². The summed E-state index contributed by atoms with van der Waals surface area (Å²) in [6.07, 6.45) is 5.28. The van der Waals surface area contributed by atoms with Crippen molar-refractivity contribution in [1.29, 1.82) is 0 Å². The molecule has 0 atom stereocenters. The van der Waals surface area contributed by atoms with E-state index in [4.69, 9.17) is 22.1 Å². The van der Waals surface area contributed by atoms with Gasteiger partial charge in [0.15, 0.2) is 5.16 Å². The van der Waals surface area contributed by atoms with Gasteiger partial charge in [-0.1, -0.05) is 41.9 Å². The number of fused-ring (bicyclic) bond motifs is 1. The Balaban J connectivity index is 1.71. The number of hydrogen-bond acceptors (Lipinski definition) is 4. The van der Waals surface area contributed by atoms with Gasteiger partial charge in [0.25, 0.3) is 0 Å². The molecule has 1 aliphatic heterocycles. The first kappa shape index (κ1) is 21.0. The standard InChI is InChI=1S/C22H27ClN4O2/c1-22(2,3)29-21(28)25-13-15-7-9-16(10-8-15)14-27-12-11-17-5-4-6-18(24)26-20(23)19(17)27/h5,7-12H,4,6,13-14H2,1-3H3,(H2,24,26)(H,25,28)/b17-5-,20-19+. The van der Waals surface area contributed by atoms with Gasteiger partial charge in [-0.05, 0) is 49.6 Å². The van der Waals surface area contributed by atoms with Crippen molar-refractivity contribution < 1.29 is 9.53 Å². The van der Waals surface area contributed by atoms with E-state index in [1.54, 1.807) is 0 Å². The molecule has 1 amide bonds. The number of amidine groups is 1. The number of carbonyl (C=O) groups is 1. The van der Waals surface area contributed by atoms with Crippen LogP contribution in [0, 0.1) is 0 Å². The van der Waals surface area contributed by atoms with Crippen LogP contribution in [-0.2, 0) is 17.8 Å². The molecule has 154 valence electrons. The van der Waals surface area contributed by atoms with Gasteiger partial charge in [-0.3, -0.25) is 0 Å². The van der Waals surface area contributed by atoms with Crippen molar-refractivity contribution in [2.75, 3.05) is 0 Å². The van der Waals surface area contributed by atoms with Crippen molar-refractivity contribution in [2.45, 2.75) is 52.3 Å². The predicted octanol–water partition coefficient (Wildman–Crippen LogP) is 2.80. The van der Waals surface area contributed by atoms with Gasteiger partial charge in [0.1, 0.15) is 11.4 Å². The van der Waals surface area contributed by atoms with Crippen LogP contribution in [0.2, 0.25) is 0 Å². The van der Waals surface area contributed by atoms with E-state index in [0.29, 0.717) is 30.5 Å². The normalized spacial score (nSPS) is 19.0. The average molecular weight is 415 g/mol. The number of nitrogens with zero attached hydrogens (tertiary/aromatic N) is 2. The number of ether oxygens (including phenoxy) is 1. The lowest BCUT2D eigenvalue weighted by atomic mass is 10.1.